The molecule has 0 radical (unpaired) electrons. The predicted molar refractivity (Wildman–Crippen MR) is 96.8 cm³/mol. The molecule has 3 heterocycles. The van der Waals surface area contributed by atoms with E-state index in [4.69, 9.17) is 0 Å². The lowest BCUT2D eigenvalue weighted by Crippen LogP contribution is -2.44. The smallest absolute Gasteiger partial charge is 0.225 e. The third-order valence-electron chi connectivity index (χ3n) is 4.65. The molecule has 0 spiro atoms. The van der Waals surface area contributed by atoms with E-state index in [1.807, 2.05) is 47.7 Å². The second kappa shape index (κ2) is 7.68. The summed E-state index contributed by atoms with van der Waals surface area (Å²) >= 11 is 0. The molecule has 1 aliphatic heterocycles. The molecule has 1 unspecified atom stereocenters. The van der Waals surface area contributed by atoms with Crippen molar-refractivity contribution in [2.45, 2.75) is 39.4 Å². The Morgan fingerprint density at radius 1 is 1.27 bits per heavy atom. The van der Waals surface area contributed by atoms with Crippen LogP contribution in [-0.2, 0) is 22.7 Å². The van der Waals surface area contributed by atoms with E-state index in [0.29, 0.717) is 26.1 Å². The number of nitrogens with zero attached hydrogens (tertiary/aromatic N) is 5. The van der Waals surface area contributed by atoms with Gasteiger partial charge in [0.15, 0.2) is 0 Å². The van der Waals surface area contributed by atoms with Crippen molar-refractivity contribution in [3.63, 3.8) is 0 Å². The van der Waals surface area contributed by atoms with E-state index in [1.54, 1.807) is 24.3 Å². The van der Waals surface area contributed by atoms with Gasteiger partial charge < -0.3 is 9.80 Å². The van der Waals surface area contributed by atoms with Crippen LogP contribution in [0.3, 0.4) is 0 Å². The quantitative estimate of drug-likeness (QED) is 0.821. The summed E-state index contributed by atoms with van der Waals surface area (Å²) in [7, 11) is 1.78. The Balaban J connectivity index is 1.69. The van der Waals surface area contributed by atoms with Crippen LogP contribution in [0.2, 0.25) is 0 Å². The molecule has 0 saturated carbocycles. The molecule has 2 aromatic heterocycles. The van der Waals surface area contributed by atoms with Gasteiger partial charge in [0.05, 0.1) is 36.9 Å². The molecular formula is C19H25N5O2. The topological polar surface area (TPSA) is 71.3 Å². The van der Waals surface area contributed by atoms with Crippen molar-refractivity contribution in [2.24, 2.45) is 5.92 Å². The number of fused-ring (bicyclic) bond motifs is 1. The second-order valence-corrected chi connectivity index (χ2v) is 7.07. The summed E-state index contributed by atoms with van der Waals surface area (Å²) in [4.78, 5) is 32.9. The monoisotopic (exact) mass is 355 g/mol. The second-order valence-electron chi connectivity index (χ2n) is 7.07. The van der Waals surface area contributed by atoms with Gasteiger partial charge in [0.1, 0.15) is 0 Å². The summed E-state index contributed by atoms with van der Waals surface area (Å²) in [5, 5.41) is 4.37. The van der Waals surface area contributed by atoms with Crippen LogP contribution in [0.25, 0.3) is 0 Å². The minimum Gasteiger partial charge on any atom is -0.340 e. The number of carbonyl (C=O) groups excluding carboxylic acids is 2. The molecule has 26 heavy (non-hydrogen) atoms. The SMILES string of the molecule is CC(C)C(=O)N1Cc2ccnn2C(CC(=O)N(C)Cc2ccccn2)C1. The zero-order valence-corrected chi connectivity index (χ0v) is 15.5. The Morgan fingerprint density at radius 3 is 2.77 bits per heavy atom. The van der Waals surface area contributed by atoms with Crippen LogP contribution < -0.4 is 0 Å². The highest BCUT2D eigenvalue weighted by molar-refractivity contribution is 5.79. The number of hydrogen-bond acceptors (Lipinski definition) is 4. The Bertz CT molecular complexity index is 771. The molecule has 0 N–H and O–H groups in total. The molecule has 1 atom stereocenters. The van der Waals surface area contributed by atoms with Gasteiger partial charge in [0.2, 0.25) is 11.8 Å². The third kappa shape index (κ3) is 3.92. The fourth-order valence-electron chi connectivity index (χ4n) is 3.25. The Labute approximate surface area is 153 Å². The lowest BCUT2D eigenvalue weighted by molar-refractivity contribution is -0.138. The molecule has 0 aliphatic carbocycles. The molecule has 2 aromatic rings. The molecule has 1 aliphatic rings. The number of aromatic nitrogens is 3. The van der Waals surface area contributed by atoms with Crippen LogP contribution in [-0.4, -0.2) is 50.0 Å². The molecule has 0 bridgehead atoms. The standard InChI is InChI=1S/C19H25N5O2/c1-14(2)19(26)23-12-16-7-9-21-24(16)17(13-23)10-18(25)22(3)11-15-6-4-5-8-20-15/h4-9,14,17H,10-13H2,1-3H3. The minimum atomic E-state index is -0.143. The van der Waals surface area contributed by atoms with Crippen LogP contribution in [0.4, 0.5) is 0 Å². The van der Waals surface area contributed by atoms with E-state index in [0.717, 1.165) is 11.4 Å². The lowest BCUT2D eigenvalue weighted by atomic mass is 10.1. The average Bonchev–Trinajstić information content (AvgIpc) is 3.10. The first-order valence-corrected chi connectivity index (χ1v) is 8.90. The van der Waals surface area contributed by atoms with Gasteiger partial charge >= 0.3 is 0 Å². The molecule has 0 fully saturated rings. The maximum absolute atomic E-state index is 12.7. The molecule has 3 rings (SSSR count). The molecule has 2 amide bonds. The van der Waals surface area contributed by atoms with Crippen LogP contribution >= 0.6 is 0 Å². The van der Waals surface area contributed by atoms with E-state index in [-0.39, 0.29) is 23.8 Å². The highest BCUT2D eigenvalue weighted by Crippen LogP contribution is 2.25. The van der Waals surface area contributed by atoms with Crippen LogP contribution in [0.5, 0.6) is 0 Å². The summed E-state index contributed by atoms with van der Waals surface area (Å²) in [6.45, 7) is 5.32. The lowest BCUT2D eigenvalue weighted by Gasteiger charge is -2.35. The third-order valence-corrected chi connectivity index (χ3v) is 4.65. The number of hydrogen-bond donors (Lipinski definition) is 0. The zero-order valence-electron chi connectivity index (χ0n) is 15.5. The number of carbonyl (C=O) groups is 2. The zero-order chi connectivity index (χ0) is 18.7. The van der Waals surface area contributed by atoms with E-state index in [2.05, 4.69) is 10.1 Å². The van der Waals surface area contributed by atoms with Gasteiger partial charge in [-0.1, -0.05) is 19.9 Å². The first kappa shape index (κ1) is 18.1. The summed E-state index contributed by atoms with van der Waals surface area (Å²) in [5.74, 6) is 0.0605. The van der Waals surface area contributed by atoms with Crippen LogP contribution in [0, 0.1) is 5.92 Å². The number of amides is 2. The number of rotatable bonds is 5. The van der Waals surface area contributed by atoms with Crippen molar-refractivity contribution in [3.8, 4) is 0 Å². The Hall–Kier alpha value is -2.70. The van der Waals surface area contributed by atoms with Crippen molar-refractivity contribution in [1.82, 2.24) is 24.6 Å². The summed E-state index contributed by atoms with van der Waals surface area (Å²) < 4.78 is 1.89. The average molecular weight is 355 g/mol. The maximum atomic E-state index is 12.7. The number of pyridine rings is 1. The maximum Gasteiger partial charge on any atom is 0.225 e. The summed E-state index contributed by atoms with van der Waals surface area (Å²) in [6, 6.07) is 7.43. The van der Waals surface area contributed by atoms with Gasteiger partial charge in [0.25, 0.3) is 0 Å². The van der Waals surface area contributed by atoms with Crippen molar-refractivity contribution in [1.29, 1.82) is 0 Å². The van der Waals surface area contributed by atoms with E-state index < -0.39 is 0 Å². The fourth-order valence-corrected chi connectivity index (χ4v) is 3.25. The molecule has 0 aromatic carbocycles. The van der Waals surface area contributed by atoms with Gasteiger partial charge in [-0.3, -0.25) is 19.3 Å². The van der Waals surface area contributed by atoms with E-state index in [9.17, 15) is 9.59 Å². The molecule has 7 nitrogen and oxygen atoms in total. The summed E-state index contributed by atoms with van der Waals surface area (Å²) in [5.41, 5.74) is 1.82. The molecular weight excluding hydrogens is 330 g/mol. The van der Waals surface area contributed by atoms with Gasteiger partial charge in [0, 0.05) is 31.9 Å². The van der Waals surface area contributed by atoms with E-state index in [1.165, 1.54) is 0 Å². The Kier molecular flexibility index (Phi) is 5.35. The van der Waals surface area contributed by atoms with Crippen molar-refractivity contribution in [2.75, 3.05) is 13.6 Å². The predicted octanol–water partition coefficient (Wildman–Crippen LogP) is 1.87. The minimum absolute atomic E-state index is 0.0148. The van der Waals surface area contributed by atoms with Crippen LogP contribution in [0.1, 0.15) is 37.7 Å². The molecule has 7 heteroatoms. The fraction of sp³-hybridized carbons (Fsp3) is 0.474. The normalized spacial score (nSPS) is 16.5. The van der Waals surface area contributed by atoms with Crippen LogP contribution in [0.15, 0.2) is 36.7 Å². The van der Waals surface area contributed by atoms with E-state index >= 15 is 0 Å². The van der Waals surface area contributed by atoms with Crippen molar-refractivity contribution < 1.29 is 9.59 Å². The largest absolute Gasteiger partial charge is 0.340 e. The van der Waals surface area contributed by atoms with Crippen molar-refractivity contribution >= 4 is 11.8 Å². The van der Waals surface area contributed by atoms with Gasteiger partial charge in [-0.2, -0.15) is 5.10 Å². The molecule has 0 saturated heterocycles. The van der Waals surface area contributed by atoms with Gasteiger partial charge in [-0.25, -0.2) is 0 Å². The van der Waals surface area contributed by atoms with Gasteiger partial charge in [-0.15, -0.1) is 0 Å². The highest BCUT2D eigenvalue weighted by atomic mass is 16.2. The van der Waals surface area contributed by atoms with Crippen molar-refractivity contribution in [3.05, 3.63) is 48.0 Å². The Morgan fingerprint density at radius 2 is 2.08 bits per heavy atom. The van der Waals surface area contributed by atoms with Gasteiger partial charge in [-0.05, 0) is 18.2 Å². The first-order chi connectivity index (χ1) is 12.5. The first-order valence-electron chi connectivity index (χ1n) is 8.90. The highest BCUT2D eigenvalue weighted by Gasteiger charge is 2.31. The summed E-state index contributed by atoms with van der Waals surface area (Å²) in [6.07, 6.45) is 3.76. The molecule has 138 valence electrons.